The molecule has 0 amide bonds. The summed E-state index contributed by atoms with van der Waals surface area (Å²) in [6.07, 6.45) is -4.42. The molecule has 3 aliphatic rings. The molecule has 0 saturated carbocycles. The maximum Gasteiger partial charge on any atom is 0.337 e. The van der Waals surface area contributed by atoms with Crippen molar-refractivity contribution in [1.29, 1.82) is 0 Å². The summed E-state index contributed by atoms with van der Waals surface area (Å²) in [6.45, 7) is 11.9. The van der Waals surface area contributed by atoms with E-state index in [0.717, 1.165) is 5.56 Å². The Morgan fingerprint density at radius 1 is 1.14 bits per heavy atom. The molecular formula is C27H34O9. The van der Waals surface area contributed by atoms with E-state index in [4.69, 9.17) is 33.2 Å². The number of aliphatic hydroxyl groups excluding tert-OH is 1. The Hall–Kier alpha value is -2.29. The maximum atomic E-state index is 12.9. The van der Waals surface area contributed by atoms with Gasteiger partial charge in [-0.2, -0.15) is 0 Å². The van der Waals surface area contributed by atoms with E-state index in [1.807, 2.05) is 30.3 Å². The lowest BCUT2D eigenvalue weighted by molar-refractivity contribution is -0.235. The molecule has 0 aromatic heterocycles. The standard InChI is InChI=1S/C27H34O9/c1-17(19(28)13-9-10-14-30-15-18-11-7-6-8-12-18)24(29)32-22-21(20-16-31-26(2,3)34-20)33-25-23(22)35-27(4,5)36-25/h6-8,11-12,19-23,25,28H,1,10,14-16H2,2-5H3/t19?,20-,21-,22+,23-,25-/m1/s1. The zero-order valence-electron chi connectivity index (χ0n) is 21.1. The minimum atomic E-state index is -1.38. The van der Waals surface area contributed by atoms with E-state index in [-0.39, 0.29) is 12.2 Å². The number of benzene rings is 1. The molecule has 0 bridgehead atoms. The van der Waals surface area contributed by atoms with Gasteiger partial charge in [-0.15, -0.1) is 0 Å². The van der Waals surface area contributed by atoms with Crippen LogP contribution >= 0.6 is 0 Å². The Morgan fingerprint density at radius 3 is 2.58 bits per heavy atom. The summed E-state index contributed by atoms with van der Waals surface area (Å²) in [5, 5.41) is 10.4. The minimum absolute atomic E-state index is 0.183. The van der Waals surface area contributed by atoms with E-state index >= 15 is 0 Å². The second kappa shape index (κ2) is 11.0. The van der Waals surface area contributed by atoms with Gasteiger partial charge in [0.1, 0.15) is 18.3 Å². The first-order valence-electron chi connectivity index (χ1n) is 12.1. The molecule has 6 atom stereocenters. The van der Waals surface area contributed by atoms with Gasteiger partial charge in [0.15, 0.2) is 30.1 Å². The van der Waals surface area contributed by atoms with Gasteiger partial charge in [0.05, 0.1) is 25.4 Å². The second-order valence-corrected chi connectivity index (χ2v) is 9.84. The van der Waals surface area contributed by atoms with E-state index < -0.39 is 54.4 Å². The van der Waals surface area contributed by atoms with E-state index in [2.05, 4.69) is 18.4 Å². The van der Waals surface area contributed by atoms with Gasteiger partial charge >= 0.3 is 5.97 Å². The predicted molar refractivity (Wildman–Crippen MR) is 127 cm³/mol. The fourth-order valence-electron chi connectivity index (χ4n) is 4.27. The van der Waals surface area contributed by atoms with Crippen molar-refractivity contribution in [2.45, 2.75) is 89.1 Å². The SMILES string of the molecule is C=C(C(=O)O[C@@H]1[C@H]2OC(C)(C)O[C@H]2O[C@@H]1[C@H]1COC(C)(C)O1)C(O)C#CCCOCc1ccccc1. The summed E-state index contributed by atoms with van der Waals surface area (Å²) in [5.74, 6) is 2.93. The van der Waals surface area contributed by atoms with Crippen LogP contribution in [0.5, 0.6) is 0 Å². The zero-order chi connectivity index (χ0) is 25.9. The molecule has 3 saturated heterocycles. The normalized spacial score (nSPS) is 30.8. The number of esters is 1. The number of rotatable bonds is 8. The van der Waals surface area contributed by atoms with Gasteiger partial charge in [-0.25, -0.2) is 4.79 Å². The minimum Gasteiger partial charge on any atom is -0.453 e. The van der Waals surface area contributed by atoms with Crippen molar-refractivity contribution in [3.8, 4) is 11.8 Å². The van der Waals surface area contributed by atoms with Crippen molar-refractivity contribution in [3.63, 3.8) is 0 Å². The van der Waals surface area contributed by atoms with Gasteiger partial charge < -0.3 is 38.3 Å². The third-order valence-corrected chi connectivity index (χ3v) is 5.98. The van der Waals surface area contributed by atoms with E-state index in [1.165, 1.54) is 0 Å². The van der Waals surface area contributed by atoms with Crippen LogP contribution in [0.2, 0.25) is 0 Å². The average Bonchev–Trinajstić information content (AvgIpc) is 3.45. The van der Waals surface area contributed by atoms with Crippen LogP contribution in [0.25, 0.3) is 0 Å². The van der Waals surface area contributed by atoms with Crippen molar-refractivity contribution in [2.24, 2.45) is 0 Å². The molecule has 1 aromatic carbocycles. The molecule has 1 unspecified atom stereocenters. The van der Waals surface area contributed by atoms with E-state index in [1.54, 1.807) is 27.7 Å². The first-order chi connectivity index (χ1) is 17.0. The summed E-state index contributed by atoms with van der Waals surface area (Å²) in [6, 6.07) is 9.79. The molecule has 3 heterocycles. The predicted octanol–water partition coefficient (Wildman–Crippen LogP) is 2.45. The molecule has 3 fully saturated rings. The third kappa shape index (κ3) is 6.52. The van der Waals surface area contributed by atoms with Crippen LogP contribution in [0, 0.1) is 11.8 Å². The van der Waals surface area contributed by atoms with Crippen LogP contribution < -0.4 is 0 Å². The number of fused-ring (bicyclic) bond motifs is 1. The van der Waals surface area contributed by atoms with Gasteiger partial charge in [0.2, 0.25) is 0 Å². The lowest BCUT2D eigenvalue weighted by Gasteiger charge is -2.29. The van der Waals surface area contributed by atoms with Gasteiger partial charge in [-0.1, -0.05) is 48.8 Å². The summed E-state index contributed by atoms with van der Waals surface area (Å²) in [7, 11) is 0. The number of carbonyl (C=O) groups excluding carboxylic acids is 1. The molecule has 3 aliphatic heterocycles. The summed E-state index contributed by atoms with van der Waals surface area (Å²) in [4.78, 5) is 12.9. The average molecular weight is 503 g/mol. The maximum absolute atomic E-state index is 12.9. The van der Waals surface area contributed by atoms with Crippen molar-refractivity contribution in [2.75, 3.05) is 13.2 Å². The zero-order valence-corrected chi connectivity index (χ0v) is 21.1. The lowest BCUT2D eigenvalue weighted by atomic mass is 10.1. The van der Waals surface area contributed by atoms with Gasteiger partial charge in [-0.05, 0) is 33.3 Å². The van der Waals surface area contributed by atoms with Crippen LogP contribution in [0.15, 0.2) is 42.5 Å². The Morgan fingerprint density at radius 2 is 1.89 bits per heavy atom. The highest BCUT2D eigenvalue weighted by atomic mass is 16.8. The monoisotopic (exact) mass is 502 g/mol. The first kappa shape index (κ1) is 26.8. The van der Waals surface area contributed by atoms with Crippen molar-refractivity contribution in [1.82, 2.24) is 0 Å². The van der Waals surface area contributed by atoms with Crippen LogP contribution in [0.3, 0.4) is 0 Å². The fourth-order valence-corrected chi connectivity index (χ4v) is 4.27. The fraction of sp³-hybridized carbons (Fsp3) is 0.593. The molecule has 0 aliphatic carbocycles. The van der Waals surface area contributed by atoms with Crippen molar-refractivity contribution >= 4 is 5.97 Å². The highest BCUT2D eigenvalue weighted by Gasteiger charge is 2.60. The number of carbonyl (C=O) groups is 1. The molecule has 36 heavy (non-hydrogen) atoms. The largest absolute Gasteiger partial charge is 0.453 e. The molecule has 0 spiro atoms. The number of aliphatic hydroxyl groups is 1. The summed E-state index contributed by atoms with van der Waals surface area (Å²) >= 11 is 0. The highest BCUT2D eigenvalue weighted by Crippen LogP contribution is 2.42. The molecule has 0 radical (unpaired) electrons. The quantitative estimate of drug-likeness (QED) is 0.249. The molecule has 9 nitrogen and oxygen atoms in total. The van der Waals surface area contributed by atoms with Crippen LogP contribution in [0.1, 0.15) is 39.7 Å². The third-order valence-electron chi connectivity index (χ3n) is 5.98. The summed E-state index contributed by atoms with van der Waals surface area (Å²) < 4.78 is 40.7. The van der Waals surface area contributed by atoms with Crippen LogP contribution in [-0.2, 0) is 44.6 Å². The molecule has 1 N–H and O–H groups in total. The van der Waals surface area contributed by atoms with Gasteiger partial charge in [0, 0.05) is 6.42 Å². The van der Waals surface area contributed by atoms with E-state index in [0.29, 0.717) is 19.6 Å². The Bertz CT molecular complexity index is 993. The summed E-state index contributed by atoms with van der Waals surface area (Å²) in [5.41, 5.74) is 0.883. The number of hydrogen-bond donors (Lipinski definition) is 1. The molecule has 4 rings (SSSR count). The van der Waals surface area contributed by atoms with Crippen LogP contribution in [0.4, 0.5) is 0 Å². The second-order valence-electron chi connectivity index (χ2n) is 9.84. The van der Waals surface area contributed by atoms with Gasteiger partial charge in [0.25, 0.3) is 0 Å². The topological polar surface area (TPSA) is 102 Å². The number of hydrogen-bond acceptors (Lipinski definition) is 9. The molecular weight excluding hydrogens is 468 g/mol. The molecule has 1 aromatic rings. The lowest BCUT2D eigenvalue weighted by Crippen LogP contribution is -2.45. The molecule has 9 heteroatoms. The van der Waals surface area contributed by atoms with Crippen molar-refractivity contribution < 1.29 is 43.1 Å². The first-order valence-corrected chi connectivity index (χ1v) is 12.1. The van der Waals surface area contributed by atoms with Crippen molar-refractivity contribution in [3.05, 3.63) is 48.0 Å². The molecule has 196 valence electrons. The van der Waals surface area contributed by atoms with Gasteiger partial charge in [-0.3, -0.25) is 0 Å². The Kier molecular flexibility index (Phi) is 8.17. The number of ether oxygens (including phenoxy) is 7. The Balaban J connectivity index is 1.31. The van der Waals surface area contributed by atoms with E-state index in [9.17, 15) is 9.90 Å². The highest BCUT2D eigenvalue weighted by molar-refractivity contribution is 5.89. The van der Waals surface area contributed by atoms with Crippen LogP contribution in [-0.4, -0.2) is 72.7 Å². The smallest absolute Gasteiger partial charge is 0.337 e. The Labute approximate surface area is 211 Å².